The van der Waals surface area contributed by atoms with Crippen molar-refractivity contribution < 1.29 is 14.3 Å². The van der Waals surface area contributed by atoms with Gasteiger partial charge in [-0.25, -0.2) is 4.85 Å². The number of carbonyl (C=O) groups is 1. The standard InChI is InChI=1S/C15H21N3O3/c1-17-13-5-3-12(4-6-13)11-14(16)15(19)18-7-8-21-10-9-20-2/h3-6,14H,7-11,16H2,2H3,(H,18,19)/t14-/m0/s1. The summed E-state index contributed by atoms with van der Waals surface area (Å²) in [5.74, 6) is -0.209. The number of hydrogen-bond acceptors (Lipinski definition) is 4. The molecule has 1 aromatic rings. The van der Waals surface area contributed by atoms with Crippen molar-refractivity contribution >= 4 is 11.6 Å². The molecule has 1 atom stereocenters. The first-order valence-electron chi connectivity index (χ1n) is 6.73. The Kier molecular flexibility index (Phi) is 8.05. The summed E-state index contributed by atoms with van der Waals surface area (Å²) in [5.41, 5.74) is 7.35. The van der Waals surface area contributed by atoms with Crippen LogP contribution < -0.4 is 11.1 Å². The minimum absolute atomic E-state index is 0.209. The number of rotatable bonds is 9. The average molecular weight is 291 g/mol. The van der Waals surface area contributed by atoms with Crippen LogP contribution >= 0.6 is 0 Å². The zero-order chi connectivity index (χ0) is 15.5. The molecule has 0 fully saturated rings. The smallest absolute Gasteiger partial charge is 0.237 e. The monoisotopic (exact) mass is 291 g/mol. The van der Waals surface area contributed by atoms with E-state index in [1.807, 2.05) is 12.1 Å². The van der Waals surface area contributed by atoms with Gasteiger partial charge in [-0.05, 0) is 12.0 Å². The summed E-state index contributed by atoms with van der Waals surface area (Å²) < 4.78 is 10.1. The number of carbonyl (C=O) groups excluding carboxylic acids is 1. The SMILES string of the molecule is [C-]#[N+]c1ccc(C[C@H](N)C(=O)NCCOCCOC)cc1. The molecule has 6 nitrogen and oxygen atoms in total. The van der Waals surface area contributed by atoms with E-state index < -0.39 is 6.04 Å². The summed E-state index contributed by atoms with van der Waals surface area (Å²) in [4.78, 5) is 15.1. The van der Waals surface area contributed by atoms with Crippen molar-refractivity contribution in [2.24, 2.45) is 5.73 Å². The van der Waals surface area contributed by atoms with E-state index in [1.165, 1.54) is 0 Å². The molecule has 6 heteroatoms. The molecular formula is C15H21N3O3. The zero-order valence-electron chi connectivity index (χ0n) is 12.2. The van der Waals surface area contributed by atoms with Crippen LogP contribution in [0.15, 0.2) is 24.3 Å². The molecule has 0 saturated heterocycles. The maximum atomic E-state index is 11.8. The fraction of sp³-hybridized carbons (Fsp3) is 0.467. The van der Waals surface area contributed by atoms with Crippen molar-refractivity contribution in [2.45, 2.75) is 12.5 Å². The Hall–Kier alpha value is -1.94. The van der Waals surface area contributed by atoms with Gasteiger partial charge in [-0.3, -0.25) is 4.79 Å². The van der Waals surface area contributed by atoms with E-state index in [9.17, 15) is 4.79 Å². The highest BCUT2D eigenvalue weighted by Gasteiger charge is 2.13. The lowest BCUT2D eigenvalue weighted by Crippen LogP contribution is -2.43. The number of benzene rings is 1. The number of amides is 1. The van der Waals surface area contributed by atoms with E-state index in [1.54, 1.807) is 19.2 Å². The molecule has 0 unspecified atom stereocenters. The molecule has 1 rings (SSSR count). The molecule has 3 N–H and O–H groups in total. The molecule has 0 radical (unpaired) electrons. The van der Waals surface area contributed by atoms with Crippen molar-refractivity contribution in [3.63, 3.8) is 0 Å². The van der Waals surface area contributed by atoms with Gasteiger partial charge in [0.2, 0.25) is 5.91 Å². The largest absolute Gasteiger partial charge is 0.382 e. The van der Waals surface area contributed by atoms with E-state index >= 15 is 0 Å². The van der Waals surface area contributed by atoms with Gasteiger partial charge < -0.3 is 20.5 Å². The van der Waals surface area contributed by atoms with Gasteiger partial charge in [0.1, 0.15) is 0 Å². The molecule has 1 amide bonds. The van der Waals surface area contributed by atoms with Gasteiger partial charge >= 0.3 is 0 Å². The second kappa shape index (κ2) is 9.88. The third kappa shape index (κ3) is 6.86. The molecule has 0 aromatic heterocycles. The van der Waals surface area contributed by atoms with E-state index in [4.69, 9.17) is 21.8 Å². The van der Waals surface area contributed by atoms with Crippen LogP contribution in [-0.4, -0.2) is 45.4 Å². The Labute approximate surface area is 125 Å². The van der Waals surface area contributed by atoms with E-state index in [2.05, 4.69) is 10.2 Å². The fourth-order valence-corrected chi connectivity index (χ4v) is 1.68. The van der Waals surface area contributed by atoms with Crippen LogP contribution in [0.4, 0.5) is 5.69 Å². The van der Waals surface area contributed by atoms with Crippen LogP contribution in [0, 0.1) is 6.57 Å². The lowest BCUT2D eigenvalue weighted by molar-refractivity contribution is -0.122. The summed E-state index contributed by atoms with van der Waals surface area (Å²) in [7, 11) is 1.61. The van der Waals surface area contributed by atoms with Crippen LogP contribution in [-0.2, 0) is 20.7 Å². The van der Waals surface area contributed by atoms with Crippen LogP contribution in [0.2, 0.25) is 0 Å². The van der Waals surface area contributed by atoms with Gasteiger partial charge in [0.05, 0.1) is 32.4 Å². The molecule has 0 spiro atoms. The first-order chi connectivity index (χ1) is 10.2. The number of ether oxygens (including phenoxy) is 2. The van der Waals surface area contributed by atoms with Gasteiger partial charge in [0.15, 0.2) is 5.69 Å². The summed E-state index contributed by atoms with van der Waals surface area (Å²) in [6.45, 7) is 8.77. The third-order valence-corrected chi connectivity index (χ3v) is 2.84. The maximum Gasteiger partial charge on any atom is 0.237 e. The summed E-state index contributed by atoms with van der Waals surface area (Å²) in [6, 6.07) is 6.46. The Bertz CT molecular complexity index is 468. The van der Waals surface area contributed by atoms with Crippen molar-refractivity contribution in [1.29, 1.82) is 0 Å². The highest BCUT2D eigenvalue weighted by molar-refractivity contribution is 5.81. The molecule has 0 saturated carbocycles. The van der Waals surface area contributed by atoms with Gasteiger partial charge in [-0.15, -0.1) is 0 Å². The number of methoxy groups -OCH3 is 1. The van der Waals surface area contributed by atoms with Crippen molar-refractivity contribution in [2.75, 3.05) is 33.5 Å². The Morgan fingerprint density at radius 2 is 2.05 bits per heavy atom. The Balaban J connectivity index is 2.25. The molecule has 0 aliphatic carbocycles. The van der Waals surface area contributed by atoms with Gasteiger partial charge in [-0.2, -0.15) is 0 Å². The fourth-order valence-electron chi connectivity index (χ4n) is 1.68. The molecule has 0 heterocycles. The first-order valence-corrected chi connectivity index (χ1v) is 6.73. The second-order valence-corrected chi connectivity index (χ2v) is 4.49. The van der Waals surface area contributed by atoms with Crippen molar-refractivity contribution in [1.82, 2.24) is 5.32 Å². The van der Waals surface area contributed by atoms with Crippen LogP contribution in [0.3, 0.4) is 0 Å². The molecule has 114 valence electrons. The molecular weight excluding hydrogens is 270 g/mol. The van der Waals surface area contributed by atoms with Crippen molar-refractivity contribution in [3.8, 4) is 0 Å². The predicted molar refractivity (Wildman–Crippen MR) is 80.1 cm³/mol. The minimum atomic E-state index is -0.609. The molecule has 0 bridgehead atoms. The van der Waals surface area contributed by atoms with Crippen LogP contribution in [0.1, 0.15) is 5.56 Å². The predicted octanol–water partition coefficient (Wildman–Crippen LogP) is 0.886. The Morgan fingerprint density at radius 1 is 1.33 bits per heavy atom. The number of nitrogens with zero attached hydrogens (tertiary/aromatic N) is 1. The number of hydrogen-bond donors (Lipinski definition) is 2. The van der Waals surface area contributed by atoms with Gasteiger partial charge in [-0.1, -0.05) is 24.3 Å². The van der Waals surface area contributed by atoms with E-state index in [0.717, 1.165) is 5.56 Å². The summed E-state index contributed by atoms with van der Waals surface area (Å²) in [5, 5.41) is 2.72. The van der Waals surface area contributed by atoms with E-state index in [-0.39, 0.29) is 5.91 Å². The number of nitrogens with one attached hydrogen (secondary N) is 1. The summed E-state index contributed by atoms with van der Waals surface area (Å²) in [6.07, 6.45) is 0.439. The zero-order valence-corrected chi connectivity index (χ0v) is 12.2. The number of nitrogens with two attached hydrogens (primary N) is 1. The molecule has 0 aliphatic heterocycles. The van der Waals surface area contributed by atoms with Crippen LogP contribution in [0.5, 0.6) is 0 Å². The molecule has 21 heavy (non-hydrogen) atoms. The van der Waals surface area contributed by atoms with E-state index in [0.29, 0.717) is 38.5 Å². The highest BCUT2D eigenvalue weighted by atomic mass is 16.5. The molecule has 1 aromatic carbocycles. The summed E-state index contributed by atoms with van der Waals surface area (Å²) >= 11 is 0. The normalized spacial score (nSPS) is 11.7. The first kappa shape index (κ1) is 17.1. The van der Waals surface area contributed by atoms with Gasteiger partial charge in [0.25, 0.3) is 0 Å². The molecule has 0 aliphatic rings. The van der Waals surface area contributed by atoms with Crippen molar-refractivity contribution in [3.05, 3.63) is 41.2 Å². The highest BCUT2D eigenvalue weighted by Crippen LogP contribution is 2.13. The van der Waals surface area contributed by atoms with Crippen LogP contribution in [0.25, 0.3) is 4.85 Å². The lowest BCUT2D eigenvalue weighted by atomic mass is 10.1. The minimum Gasteiger partial charge on any atom is -0.382 e. The quantitative estimate of drug-likeness (QED) is 0.523. The third-order valence-electron chi connectivity index (χ3n) is 2.84. The maximum absolute atomic E-state index is 11.8. The topological polar surface area (TPSA) is 77.9 Å². The average Bonchev–Trinajstić information content (AvgIpc) is 2.51. The van der Waals surface area contributed by atoms with Gasteiger partial charge in [0, 0.05) is 13.7 Å². The Morgan fingerprint density at radius 3 is 2.67 bits per heavy atom. The lowest BCUT2D eigenvalue weighted by Gasteiger charge is -2.12. The second-order valence-electron chi connectivity index (χ2n) is 4.49.